The number of carbonyl (C=O) groups excluding carboxylic acids is 1. The number of nitrogens with zero attached hydrogens (tertiary/aromatic N) is 1. The number of hydrogen-bond acceptors (Lipinski definition) is 2. The summed E-state index contributed by atoms with van der Waals surface area (Å²) < 4.78 is 0. The van der Waals surface area contributed by atoms with Crippen LogP contribution in [0.1, 0.15) is 32.1 Å². The molecule has 2 aliphatic heterocycles. The van der Waals surface area contributed by atoms with E-state index < -0.39 is 0 Å². The minimum atomic E-state index is 0.384. The number of nitrogens with one attached hydrogen (secondary N) is 1. The van der Waals surface area contributed by atoms with Crippen LogP contribution >= 0.6 is 0 Å². The molecule has 3 nitrogen and oxygen atoms in total. The van der Waals surface area contributed by atoms with Gasteiger partial charge in [0.1, 0.15) is 0 Å². The molecule has 3 heteroatoms. The molecule has 0 aromatic heterocycles. The van der Waals surface area contributed by atoms with Crippen molar-refractivity contribution in [2.24, 2.45) is 5.92 Å². The van der Waals surface area contributed by atoms with Gasteiger partial charge in [0, 0.05) is 19.5 Å². The van der Waals surface area contributed by atoms with Crippen molar-refractivity contribution in [2.45, 2.75) is 32.1 Å². The van der Waals surface area contributed by atoms with Crippen LogP contribution in [0.25, 0.3) is 0 Å². The molecule has 2 heterocycles. The third kappa shape index (κ3) is 2.47. The molecule has 80 valence electrons. The molecular weight excluding hydrogens is 176 g/mol. The van der Waals surface area contributed by atoms with Crippen LogP contribution in [0.2, 0.25) is 0 Å². The van der Waals surface area contributed by atoms with Gasteiger partial charge in [-0.05, 0) is 44.7 Å². The monoisotopic (exact) mass is 196 g/mol. The molecule has 0 bridgehead atoms. The summed E-state index contributed by atoms with van der Waals surface area (Å²) in [5, 5.41) is 3.26. The molecule has 0 saturated carbocycles. The highest BCUT2D eigenvalue weighted by Gasteiger charge is 2.19. The highest BCUT2D eigenvalue weighted by molar-refractivity contribution is 5.76. The quantitative estimate of drug-likeness (QED) is 0.727. The molecule has 0 aromatic rings. The van der Waals surface area contributed by atoms with Crippen molar-refractivity contribution in [1.29, 1.82) is 0 Å². The summed E-state index contributed by atoms with van der Waals surface area (Å²) in [6.07, 6.45) is 5.50. The Bertz CT molecular complexity index is 195. The molecule has 2 saturated heterocycles. The lowest BCUT2D eigenvalue weighted by molar-refractivity contribution is -0.130. The molecule has 0 aliphatic carbocycles. The summed E-state index contributed by atoms with van der Waals surface area (Å²) in [7, 11) is 0. The first-order chi connectivity index (χ1) is 6.86. The van der Waals surface area contributed by atoms with Crippen molar-refractivity contribution in [2.75, 3.05) is 26.2 Å². The molecule has 0 atom stereocenters. The first-order valence-electron chi connectivity index (χ1n) is 5.85. The van der Waals surface area contributed by atoms with Crippen molar-refractivity contribution in [1.82, 2.24) is 10.2 Å². The number of amides is 1. The lowest BCUT2D eigenvalue weighted by Gasteiger charge is -2.27. The highest BCUT2D eigenvalue weighted by Crippen LogP contribution is 2.15. The number of hydrogen-bond donors (Lipinski definition) is 1. The second-order valence-corrected chi connectivity index (χ2v) is 4.50. The lowest BCUT2D eigenvalue weighted by atomic mass is 9.96. The number of carbonyl (C=O) groups is 1. The summed E-state index contributed by atoms with van der Waals surface area (Å²) in [6.45, 7) is 4.34. The molecule has 1 N–H and O–H groups in total. The predicted octanol–water partition coefficient (Wildman–Crippen LogP) is 0.998. The van der Waals surface area contributed by atoms with Gasteiger partial charge < -0.3 is 10.2 Å². The van der Waals surface area contributed by atoms with Gasteiger partial charge in [0.2, 0.25) is 5.91 Å². The van der Waals surface area contributed by atoms with Gasteiger partial charge in [-0.25, -0.2) is 0 Å². The zero-order valence-corrected chi connectivity index (χ0v) is 8.80. The zero-order valence-electron chi connectivity index (χ0n) is 8.80. The summed E-state index contributed by atoms with van der Waals surface area (Å²) in [5.41, 5.74) is 0. The van der Waals surface area contributed by atoms with E-state index in [1.807, 2.05) is 4.90 Å². The van der Waals surface area contributed by atoms with Gasteiger partial charge in [-0.1, -0.05) is 0 Å². The number of likely N-dealkylation sites (tertiary alicyclic amines) is 1. The summed E-state index contributed by atoms with van der Waals surface area (Å²) in [5.74, 6) is 1.23. The third-order valence-electron chi connectivity index (χ3n) is 3.33. The van der Waals surface area contributed by atoms with Gasteiger partial charge in [0.25, 0.3) is 0 Å². The summed E-state index contributed by atoms with van der Waals surface area (Å²) in [6, 6.07) is 0. The molecule has 2 rings (SSSR count). The normalized spacial score (nSPS) is 22.4. The van der Waals surface area contributed by atoms with Gasteiger partial charge in [-0.15, -0.1) is 0 Å². The average molecular weight is 196 g/mol. The largest absolute Gasteiger partial charge is 0.343 e. The van der Waals surface area contributed by atoms with Crippen LogP contribution in [0.4, 0.5) is 0 Å². The average Bonchev–Trinajstić information content (AvgIpc) is 2.61. The van der Waals surface area contributed by atoms with E-state index in [9.17, 15) is 4.79 Å². The van der Waals surface area contributed by atoms with Gasteiger partial charge in [0.05, 0.1) is 0 Å². The van der Waals surface area contributed by atoms with E-state index in [-0.39, 0.29) is 0 Å². The van der Waals surface area contributed by atoms with Crippen LogP contribution in [0.5, 0.6) is 0 Å². The fourth-order valence-corrected chi connectivity index (χ4v) is 2.22. The third-order valence-corrected chi connectivity index (χ3v) is 3.33. The van der Waals surface area contributed by atoms with Crippen molar-refractivity contribution in [3.05, 3.63) is 0 Å². The van der Waals surface area contributed by atoms with Crippen molar-refractivity contribution >= 4 is 5.91 Å². The molecular formula is C11H20N2O. The minimum absolute atomic E-state index is 0.384. The summed E-state index contributed by atoms with van der Waals surface area (Å²) >= 11 is 0. The van der Waals surface area contributed by atoms with E-state index in [1.54, 1.807) is 0 Å². The van der Waals surface area contributed by atoms with E-state index in [2.05, 4.69) is 5.32 Å². The second kappa shape index (κ2) is 4.78. The minimum Gasteiger partial charge on any atom is -0.343 e. The molecule has 0 radical (unpaired) electrons. The van der Waals surface area contributed by atoms with Crippen LogP contribution in [0.3, 0.4) is 0 Å². The van der Waals surface area contributed by atoms with Gasteiger partial charge in [-0.2, -0.15) is 0 Å². The van der Waals surface area contributed by atoms with Gasteiger partial charge >= 0.3 is 0 Å². The SMILES string of the molecule is O=C(CCCC1CNC1)N1CCCC1. The Hall–Kier alpha value is -0.570. The van der Waals surface area contributed by atoms with E-state index in [1.165, 1.54) is 19.3 Å². The van der Waals surface area contributed by atoms with Gasteiger partial charge in [0.15, 0.2) is 0 Å². The summed E-state index contributed by atoms with van der Waals surface area (Å²) in [4.78, 5) is 13.7. The van der Waals surface area contributed by atoms with Crippen LogP contribution in [-0.2, 0) is 4.79 Å². The first kappa shape index (κ1) is 9.97. The molecule has 0 unspecified atom stereocenters. The standard InChI is InChI=1S/C11H20N2O/c14-11(13-6-1-2-7-13)5-3-4-10-8-12-9-10/h10,12H,1-9H2. The Kier molecular flexibility index (Phi) is 3.40. The molecule has 2 aliphatic rings. The van der Waals surface area contributed by atoms with Crippen molar-refractivity contribution in [3.8, 4) is 0 Å². The second-order valence-electron chi connectivity index (χ2n) is 4.50. The molecule has 1 amide bonds. The highest BCUT2D eigenvalue weighted by atomic mass is 16.2. The van der Waals surface area contributed by atoms with E-state index in [0.717, 1.165) is 44.9 Å². The maximum Gasteiger partial charge on any atom is 0.222 e. The van der Waals surface area contributed by atoms with Crippen LogP contribution < -0.4 is 5.32 Å². The predicted molar refractivity (Wildman–Crippen MR) is 56.0 cm³/mol. The molecule has 2 fully saturated rings. The van der Waals surface area contributed by atoms with Crippen LogP contribution in [-0.4, -0.2) is 37.0 Å². The lowest BCUT2D eigenvalue weighted by Crippen LogP contribution is -2.41. The topological polar surface area (TPSA) is 32.3 Å². The van der Waals surface area contributed by atoms with E-state index >= 15 is 0 Å². The number of rotatable bonds is 4. The van der Waals surface area contributed by atoms with Crippen molar-refractivity contribution in [3.63, 3.8) is 0 Å². The Labute approximate surface area is 85.8 Å². The fourth-order valence-electron chi connectivity index (χ4n) is 2.22. The molecule has 14 heavy (non-hydrogen) atoms. The first-order valence-corrected chi connectivity index (χ1v) is 5.85. The maximum absolute atomic E-state index is 11.6. The Morgan fingerprint density at radius 3 is 2.57 bits per heavy atom. The smallest absolute Gasteiger partial charge is 0.222 e. The van der Waals surface area contributed by atoms with E-state index in [0.29, 0.717) is 5.91 Å². The Balaban J connectivity index is 1.57. The van der Waals surface area contributed by atoms with Crippen LogP contribution in [0, 0.1) is 5.92 Å². The van der Waals surface area contributed by atoms with Crippen LogP contribution in [0.15, 0.2) is 0 Å². The fraction of sp³-hybridized carbons (Fsp3) is 0.909. The van der Waals surface area contributed by atoms with Crippen molar-refractivity contribution < 1.29 is 4.79 Å². The maximum atomic E-state index is 11.6. The van der Waals surface area contributed by atoms with E-state index in [4.69, 9.17) is 0 Å². The Morgan fingerprint density at radius 2 is 2.00 bits per heavy atom. The Morgan fingerprint density at radius 1 is 1.29 bits per heavy atom. The molecule has 0 spiro atoms. The molecule has 0 aromatic carbocycles. The van der Waals surface area contributed by atoms with Gasteiger partial charge in [-0.3, -0.25) is 4.79 Å². The zero-order chi connectivity index (χ0) is 9.80.